The molecule has 3 aromatic rings. The van der Waals surface area contributed by atoms with E-state index in [9.17, 15) is 8.78 Å². The number of benzene rings is 2. The Morgan fingerprint density at radius 1 is 1.11 bits per heavy atom. The van der Waals surface area contributed by atoms with Crippen LogP contribution in [0, 0.1) is 11.6 Å². The van der Waals surface area contributed by atoms with E-state index in [1.807, 2.05) is 36.1 Å². The number of halogens is 4. The van der Waals surface area contributed by atoms with Gasteiger partial charge in [-0.05, 0) is 51.0 Å². The zero-order valence-corrected chi connectivity index (χ0v) is 20.3. The molecular weight excluding hydrogens is 458 g/mol. The van der Waals surface area contributed by atoms with Crippen molar-refractivity contribution in [3.05, 3.63) is 64.9 Å². The van der Waals surface area contributed by atoms with Crippen LogP contribution in [-0.2, 0) is 11.2 Å². The highest BCUT2D eigenvalue weighted by Crippen LogP contribution is 2.44. The molecule has 2 aromatic carbocycles. The highest BCUT2D eigenvalue weighted by Gasteiger charge is 2.41. The predicted octanol–water partition coefficient (Wildman–Crippen LogP) is 5.70. The van der Waals surface area contributed by atoms with E-state index in [1.54, 1.807) is 4.90 Å². The lowest BCUT2D eigenvalue weighted by atomic mass is 9.87. The van der Waals surface area contributed by atoms with Gasteiger partial charge in [-0.15, -0.1) is 0 Å². The minimum absolute atomic E-state index is 0.0214. The lowest BCUT2D eigenvalue weighted by Gasteiger charge is -2.43. The van der Waals surface area contributed by atoms with Gasteiger partial charge in [-0.25, -0.2) is 17.6 Å². The molecule has 0 aliphatic carbocycles. The van der Waals surface area contributed by atoms with Crippen molar-refractivity contribution in [2.24, 2.45) is 0 Å². The molecule has 2 atom stereocenters. The third-order valence-electron chi connectivity index (χ3n) is 7.06. The smallest absolute Gasteiger partial charge is 0.133 e. The van der Waals surface area contributed by atoms with Crippen molar-refractivity contribution in [3.8, 4) is 0 Å². The highest BCUT2D eigenvalue weighted by atomic mass is 19.1. The van der Waals surface area contributed by atoms with E-state index in [0.717, 1.165) is 16.5 Å². The summed E-state index contributed by atoms with van der Waals surface area (Å²) in [6.07, 6.45) is 0.508. The summed E-state index contributed by atoms with van der Waals surface area (Å²) in [4.78, 5) is 7.05. The molecule has 1 saturated heterocycles. The van der Waals surface area contributed by atoms with Crippen molar-refractivity contribution >= 4 is 16.6 Å². The fourth-order valence-corrected chi connectivity index (χ4v) is 5.48. The molecule has 0 bridgehead atoms. The number of hydrogen-bond acceptors (Lipinski definition) is 3. The van der Waals surface area contributed by atoms with Crippen LogP contribution in [0.1, 0.15) is 43.6 Å². The van der Waals surface area contributed by atoms with E-state index in [-0.39, 0.29) is 30.9 Å². The predicted molar refractivity (Wildman–Crippen MR) is 129 cm³/mol. The monoisotopic (exact) mass is 489 g/mol. The summed E-state index contributed by atoms with van der Waals surface area (Å²) < 4.78 is 64.0. The maximum atomic E-state index is 15.7. The Morgan fingerprint density at radius 3 is 2.46 bits per heavy atom. The Morgan fingerprint density at radius 2 is 1.80 bits per heavy atom. The summed E-state index contributed by atoms with van der Waals surface area (Å²) in [6, 6.07) is 9.57. The average Bonchev–Trinajstić information content (AvgIpc) is 3.11. The van der Waals surface area contributed by atoms with Gasteiger partial charge in [0.05, 0.1) is 18.8 Å². The lowest BCUT2D eigenvalue weighted by molar-refractivity contribution is 0.0267. The quantitative estimate of drug-likeness (QED) is 0.432. The van der Waals surface area contributed by atoms with E-state index in [2.05, 4.69) is 4.98 Å². The summed E-state index contributed by atoms with van der Waals surface area (Å²) in [6.45, 7) is 5.35. The first kappa shape index (κ1) is 24.1. The number of para-hydroxylation sites is 1. The van der Waals surface area contributed by atoms with Crippen LogP contribution in [0.4, 0.5) is 23.2 Å². The average molecular weight is 490 g/mol. The molecule has 3 heterocycles. The minimum Gasteiger partial charge on any atom is -0.372 e. The first-order valence-electron chi connectivity index (χ1n) is 12.1. The van der Waals surface area contributed by atoms with E-state index in [4.69, 9.17) is 4.74 Å². The Kier molecular flexibility index (Phi) is 6.30. The van der Waals surface area contributed by atoms with Gasteiger partial charge in [0.15, 0.2) is 0 Å². The molecule has 188 valence electrons. The lowest BCUT2D eigenvalue weighted by Crippen LogP contribution is -2.52. The maximum absolute atomic E-state index is 15.7. The number of alkyl halides is 2. The number of hydrogen-bond donors (Lipinski definition) is 1. The van der Waals surface area contributed by atoms with Crippen molar-refractivity contribution in [2.45, 2.75) is 51.0 Å². The Bertz CT molecular complexity index is 1190. The fourth-order valence-electron chi connectivity index (χ4n) is 5.48. The number of H-pyrrole nitrogens is 1. The van der Waals surface area contributed by atoms with Gasteiger partial charge in [0.1, 0.15) is 24.0 Å². The van der Waals surface area contributed by atoms with Crippen LogP contribution in [0.15, 0.2) is 36.4 Å². The molecule has 8 heteroatoms. The minimum atomic E-state index is -1.55. The third-order valence-corrected chi connectivity index (χ3v) is 7.06. The third kappa shape index (κ3) is 4.54. The summed E-state index contributed by atoms with van der Waals surface area (Å²) in [7, 11) is 0. The largest absolute Gasteiger partial charge is 0.372 e. The Hall–Kier alpha value is -2.58. The van der Waals surface area contributed by atoms with Crippen LogP contribution in [0.25, 0.3) is 10.9 Å². The molecule has 0 radical (unpaired) electrons. The van der Waals surface area contributed by atoms with E-state index < -0.39 is 30.0 Å². The number of nitrogens with zero attached hydrogens (tertiary/aromatic N) is 2. The summed E-state index contributed by atoms with van der Waals surface area (Å²) in [5.74, 6) is -1.34. The first-order valence-corrected chi connectivity index (χ1v) is 12.1. The van der Waals surface area contributed by atoms with Crippen LogP contribution in [0.2, 0.25) is 0 Å². The zero-order valence-electron chi connectivity index (χ0n) is 20.3. The number of nitrogens with one attached hydrogen (secondary N) is 1. The second-order valence-electron chi connectivity index (χ2n) is 10.3. The summed E-state index contributed by atoms with van der Waals surface area (Å²) in [5.41, 5.74) is 1.42. The Labute approximate surface area is 202 Å². The van der Waals surface area contributed by atoms with E-state index >= 15 is 8.78 Å². The number of ether oxygens (including phenoxy) is 1. The van der Waals surface area contributed by atoms with Gasteiger partial charge in [0.2, 0.25) is 0 Å². The summed E-state index contributed by atoms with van der Waals surface area (Å²) >= 11 is 0. The van der Waals surface area contributed by atoms with Crippen molar-refractivity contribution in [1.82, 2.24) is 9.88 Å². The molecule has 1 aromatic heterocycles. The van der Waals surface area contributed by atoms with Crippen LogP contribution in [0.5, 0.6) is 0 Å². The molecule has 0 amide bonds. The number of aromatic nitrogens is 1. The first-order chi connectivity index (χ1) is 16.7. The van der Waals surface area contributed by atoms with Gasteiger partial charge < -0.3 is 14.6 Å². The van der Waals surface area contributed by atoms with Crippen LogP contribution in [0.3, 0.4) is 0 Å². The maximum Gasteiger partial charge on any atom is 0.133 e. The molecular formula is C27H31F4N3O. The molecule has 5 rings (SSSR count). The number of anilines is 1. The molecule has 4 nitrogen and oxygen atoms in total. The zero-order chi connectivity index (χ0) is 24.9. The standard InChI is InChI=1S/C27H31F4N3O/c1-16-10-20-19-6-4-5-7-23(19)32-25(20)26(34(16)15-27(2,3)31)24-21(29)11-17(12-22(24)30)33-13-18(14-33)35-9-8-28/h4-7,11-12,16,18,26,32H,8-10,13-15H2,1-3H3/t16-,26-/m1/s1. The number of aromatic amines is 1. The molecule has 0 saturated carbocycles. The van der Waals surface area contributed by atoms with Gasteiger partial charge in [0, 0.05) is 53.5 Å². The van der Waals surface area contributed by atoms with Crippen LogP contribution >= 0.6 is 0 Å². The molecule has 2 aliphatic rings. The van der Waals surface area contributed by atoms with Crippen molar-refractivity contribution in [1.29, 1.82) is 0 Å². The molecule has 35 heavy (non-hydrogen) atoms. The van der Waals surface area contributed by atoms with E-state index in [0.29, 0.717) is 30.9 Å². The van der Waals surface area contributed by atoms with Gasteiger partial charge in [-0.1, -0.05) is 18.2 Å². The SMILES string of the molecule is C[C@@H]1Cc2c([nH]c3ccccc23)[C@@H](c2c(F)cc(N3CC(OCCF)C3)cc2F)N1CC(C)(C)F. The molecule has 1 N–H and O–H groups in total. The molecule has 2 aliphatic heterocycles. The van der Waals surface area contributed by atoms with Gasteiger partial charge >= 0.3 is 0 Å². The highest BCUT2D eigenvalue weighted by molar-refractivity contribution is 5.85. The van der Waals surface area contributed by atoms with Crippen molar-refractivity contribution < 1.29 is 22.3 Å². The van der Waals surface area contributed by atoms with Crippen LogP contribution in [-0.4, -0.2) is 60.6 Å². The van der Waals surface area contributed by atoms with Gasteiger partial charge in [0.25, 0.3) is 0 Å². The molecule has 0 unspecified atom stereocenters. The van der Waals surface area contributed by atoms with Crippen LogP contribution < -0.4 is 4.90 Å². The Balaban J connectivity index is 1.55. The van der Waals surface area contributed by atoms with Crippen molar-refractivity contribution in [3.63, 3.8) is 0 Å². The van der Waals surface area contributed by atoms with E-state index in [1.165, 1.54) is 26.0 Å². The fraction of sp³-hybridized carbons (Fsp3) is 0.481. The van der Waals surface area contributed by atoms with Gasteiger partial charge in [-0.3, -0.25) is 4.90 Å². The molecule has 1 fully saturated rings. The number of rotatable bonds is 7. The van der Waals surface area contributed by atoms with Gasteiger partial charge in [-0.2, -0.15) is 0 Å². The topological polar surface area (TPSA) is 31.5 Å². The molecule has 0 spiro atoms. The second-order valence-corrected chi connectivity index (χ2v) is 10.3. The summed E-state index contributed by atoms with van der Waals surface area (Å²) in [5, 5.41) is 1.02. The number of fused-ring (bicyclic) bond motifs is 3. The van der Waals surface area contributed by atoms with Crippen molar-refractivity contribution in [2.75, 3.05) is 37.8 Å². The normalized spacial score (nSPS) is 21.4. The second kappa shape index (κ2) is 9.13.